The molecule has 1 aromatic rings. The van der Waals surface area contributed by atoms with Crippen LogP contribution in [0.25, 0.3) is 0 Å². The summed E-state index contributed by atoms with van der Waals surface area (Å²) in [7, 11) is 0. The van der Waals surface area contributed by atoms with Gasteiger partial charge < -0.3 is 10.4 Å². The van der Waals surface area contributed by atoms with Gasteiger partial charge in [-0.1, -0.05) is 13.8 Å². The molecule has 0 radical (unpaired) electrons. The average Bonchev–Trinajstić information content (AvgIpc) is 2.27. The molecule has 19 heavy (non-hydrogen) atoms. The molecule has 1 aromatic heterocycles. The molecule has 104 valence electrons. The van der Waals surface area contributed by atoms with E-state index in [1.54, 1.807) is 26.2 Å². The van der Waals surface area contributed by atoms with Crippen molar-refractivity contribution in [2.75, 3.05) is 6.54 Å². The predicted molar refractivity (Wildman–Crippen MR) is 71.6 cm³/mol. The van der Waals surface area contributed by atoms with Gasteiger partial charge in [0.1, 0.15) is 0 Å². The van der Waals surface area contributed by atoms with Crippen LogP contribution in [0.15, 0.2) is 24.5 Å². The highest BCUT2D eigenvalue weighted by Crippen LogP contribution is 2.24. The van der Waals surface area contributed by atoms with Gasteiger partial charge in [0.15, 0.2) is 0 Å². The number of carboxylic acid groups (broad SMARTS) is 1. The fourth-order valence-corrected chi connectivity index (χ4v) is 1.86. The Labute approximate surface area is 113 Å². The van der Waals surface area contributed by atoms with E-state index in [1.165, 1.54) is 0 Å². The number of pyridine rings is 1. The molecule has 0 saturated heterocycles. The number of aromatic nitrogens is 1. The zero-order valence-electron chi connectivity index (χ0n) is 11.3. The van der Waals surface area contributed by atoms with Crippen LogP contribution in [-0.4, -0.2) is 28.5 Å². The molecule has 1 heterocycles. The van der Waals surface area contributed by atoms with E-state index in [0.717, 1.165) is 12.0 Å². The molecule has 0 aromatic carbocycles. The first-order valence-corrected chi connectivity index (χ1v) is 6.26. The van der Waals surface area contributed by atoms with E-state index in [-0.39, 0.29) is 18.7 Å². The Balaban J connectivity index is 2.30. The van der Waals surface area contributed by atoms with E-state index < -0.39 is 11.4 Å². The van der Waals surface area contributed by atoms with Crippen LogP contribution in [0.4, 0.5) is 0 Å². The van der Waals surface area contributed by atoms with Crippen LogP contribution in [0, 0.1) is 5.41 Å². The van der Waals surface area contributed by atoms with Gasteiger partial charge in [-0.25, -0.2) is 0 Å². The number of amides is 1. The molecule has 0 spiro atoms. The fourth-order valence-electron chi connectivity index (χ4n) is 1.86. The van der Waals surface area contributed by atoms with Crippen LogP contribution in [-0.2, 0) is 16.0 Å². The Bertz CT molecular complexity index is 430. The SMILES string of the molecule is CC(C)(CC(=O)O)CC(=O)NCCc1ccncc1. The molecule has 0 bridgehead atoms. The van der Waals surface area contributed by atoms with Crippen molar-refractivity contribution in [3.63, 3.8) is 0 Å². The molecule has 0 aliphatic rings. The van der Waals surface area contributed by atoms with E-state index in [0.29, 0.717) is 6.54 Å². The van der Waals surface area contributed by atoms with Crippen molar-refractivity contribution < 1.29 is 14.7 Å². The molecule has 5 heteroatoms. The molecular weight excluding hydrogens is 244 g/mol. The maximum atomic E-state index is 11.7. The van der Waals surface area contributed by atoms with Crippen LogP contribution in [0.3, 0.4) is 0 Å². The summed E-state index contributed by atoms with van der Waals surface area (Å²) in [5.74, 6) is -0.991. The number of hydrogen-bond acceptors (Lipinski definition) is 3. The molecule has 0 saturated carbocycles. The standard InChI is InChI=1S/C14H20N2O3/c1-14(2,10-13(18)19)9-12(17)16-8-5-11-3-6-15-7-4-11/h3-4,6-7H,5,8-10H2,1-2H3,(H,16,17)(H,18,19). The van der Waals surface area contributed by atoms with Gasteiger partial charge in [0.25, 0.3) is 0 Å². The number of hydrogen-bond donors (Lipinski definition) is 2. The smallest absolute Gasteiger partial charge is 0.303 e. The number of carbonyl (C=O) groups excluding carboxylic acids is 1. The zero-order chi connectivity index (χ0) is 14.3. The predicted octanol–water partition coefficient (Wildman–Crippen LogP) is 1.63. The molecule has 0 aliphatic heterocycles. The summed E-state index contributed by atoms with van der Waals surface area (Å²) in [6.45, 7) is 4.11. The Morgan fingerprint density at radius 2 is 1.89 bits per heavy atom. The highest BCUT2D eigenvalue weighted by atomic mass is 16.4. The number of carbonyl (C=O) groups is 2. The average molecular weight is 264 g/mol. The van der Waals surface area contributed by atoms with E-state index in [4.69, 9.17) is 5.11 Å². The second kappa shape index (κ2) is 6.87. The topological polar surface area (TPSA) is 79.3 Å². The third-order valence-corrected chi connectivity index (χ3v) is 2.75. The summed E-state index contributed by atoms with van der Waals surface area (Å²) in [5, 5.41) is 11.6. The second-order valence-electron chi connectivity index (χ2n) is 5.37. The Morgan fingerprint density at radius 1 is 1.26 bits per heavy atom. The molecule has 0 aliphatic carbocycles. The Morgan fingerprint density at radius 3 is 2.47 bits per heavy atom. The van der Waals surface area contributed by atoms with Crippen molar-refractivity contribution in [2.24, 2.45) is 5.41 Å². The van der Waals surface area contributed by atoms with Crippen LogP contribution in [0.1, 0.15) is 32.3 Å². The molecular formula is C14H20N2O3. The van der Waals surface area contributed by atoms with Crippen molar-refractivity contribution in [1.29, 1.82) is 0 Å². The quantitative estimate of drug-likeness (QED) is 0.784. The summed E-state index contributed by atoms with van der Waals surface area (Å²) in [6, 6.07) is 3.81. The molecule has 0 atom stereocenters. The first kappa shape index (κ1) is 15.1. The lowest BCUT2D eigenvalue weighted by molar-refractivity contribution is -0.139. The van der Waals surface area contributed by atoms with Gasteiger partial charge in [0.2, 0.25) is 5.91 Å². The van der Waals surface area contributed by atoms with Crippen molar-refractivity contribution >= 4 is 11.9 Å². The van der Waals surface area contributed by atoms with Gasteiger partial charge in [-0.15, -0.1) is 0 Å². The van der Waals surface area contributed by atoms with Gasteiger partial charge >= 0.3 is 5.97 Å². The van der Waals surface area contributed by atoms with E-state index >= 15 is 0 Å². The number of carboxylic acids is 1. The monoisotopic (exact) mass is 264 g/mol. The van der Waals surface area contributed by atoms with Gasteiger partial charge in [-0.3, -0.25) is 14.6 Å². The summed E-state index contributed by atoms with van der Waals surface area (Å²) >= 11 is 0. The van der Waals surface area contributed by atoms with E-state index in [2.05, 4.69) is 10.3 Å². The third kappa shape index (κ3) is 6.55. The minimum absolute atomic E-state index is 0.00915. The second-order valence-corrected chi connectivity index (χ2v) is 5.37. The van der Waals surface area contributed by atoms with Crippen LogP contribution >= 0.6 is 0 Å². The lowest BCUT2D eigenvalue weighted by Crippen LogP contribution is -2.31. The summed E-state index contributed by atoms with van der Waals surface area (Å²) in [6.07, 6.45) is 4.38. The number of nitrogens with zero attached hydrogens (tertiary/aromatic N) is 1. The third-order valence-electron chi connectivity index (χ3n) is 2.75. The highest BCUT2D eigenvalue weighted by Gasteiger charge is 2.24. The Kier molecular flexibility index (Phi) is 5.48. The largest absolute Gasteiger partial charge is 0.481 e. The summed E-state index contributed by atoms with van der Waals surface area (Å²) < 4.78 is 0. The lowest BCUT2D eigenvalue weighted by atomic mass is 9.85. The van der Waals surface area contributed by atoms with E-state index in [1.807, 2.05) is 12.1 Å². The van der Waals surface area contributed by atoms with Crippen molar-refractivity contribution in [3.05, 3.63) is 30.1 Å². The van der Waals surface area contributed by atoms with Crippen molar-refractivity contribution in [2.45, 2.75) is 33.1 Å². The molecule has 0 unspecified atom stereocenters. The lowest BCUT2D eigenvalue weighted by Gasteiger charge is -2.21. The van der Waals surface area contributed by atoms with Crippen molar-refractivity contribution in [3.8, 4) is 0 Å². The first-order valence-electron chi connectivity index (χ1n) is 6.26. The van der Waals surface area contributed by atoms with Crippen molar-refractivity contribution in [1.82, 2.24) is 10.3 Å². The van der Waals surface area contributed by atoms with Crippen LogP contribution in [0.2, 0.25) is 0 Å². The molecule has 2 N–H and O–H groups in total. The number of nitrogens with one attached hydrogen (secondary N) is 1. The molecule has 0 fully saturated rings. The maximum absolute atomic E-state index is 11.7. The van der Waals surface area contributed by atoms with Gasteiger partial charge in [-0.05, 0) is 29.5 Å². The number of aliphatic carboxylic acids is 1. The summed E-state index contributed by atoms with van der Waals surface area (Å²) in [4.78, 5) is 26.3. The van der Waals surface area contributed by atoms with Crippen LogP contribution in [0.5, 0.6) is 0 Å². The fraction of sp³-hybridized carbons (Fsp3) is 0.500. The molecule has 5 nitrogen and oxygen atoms in total. The van der Waals surface area contributed by atoms with Gasteiger partial charge in [-0.2, -0.15) is 0 Å². The summed E-state index contributed by atoms with van der Waals surface area (Å²) in [5.41, 5.74) is 0.590. The Hall–Kier alpha value is -1.91. The van der Waals surface area contributed by atoms with Crippen LogP contribution < -0.4 is 5.32 Å². The van der Waals surface area contributed by atoms with E-state index in [9.17, 15) is 9.59 Å². The van der Waals surface area contributed by atoms with Gasteiger partial charge in [0.05, 0.1) is 6.42 Å². The maximum Gasteiger partial charge on any atom is 0.303 e. The minimum Gasteiger partial charge on any atom is -0.481 e. The molecule has 1 rings (SSSR count). The normalized spacial score (nSPS) is 11.1. The number of rotatable bonds is 7. The highest BCUT2D eigenvalue weighted by molar-refractivity contribution is 5.77. The molecule has 1 amide bonds. The zero-order valence-corrected chi connectivity index (χ0v) is 11.3. The van der Waals surface area contributed by atoms with Gasteiger partial charge in [0, 0.05) is 25.4 Å². The minimum atomic E-state index is -0.880. The first-order chi connectivity index (χ1) is 8.89.